The van der Waals surface area contributed by atoms with Crippen molar-refractivity contribution in [3.8, 4) is 0 Å². The molecule has 2 unspecified atom stereocenters. The third-order valence-corrected chi connectivity index (χ3v) is 6.59. The summed E-state index contributed by atoms with van der Waals surface area (Å²) in [6.07, 6.45) is 12.0. The van der Waals surface area contributed by atoms with Crippen molar-refractivity contribution in [2.75, 3.05) is 0 Å². The molecule has 135 valence electrons. The third kappa shape index (κ3) is 4.63. The molecule has 0 amide bonds. The third-order valence-electron chi connectivity index (χ3n) is 5.14. The van der Waals surface area contributed by atoms with Crippen LogP contribution in [0.5, 0.6) is 0 Å². The van der Waals surface area contributed by atoms with Gasteiger partial charge in [-0.1, -0.05) is 37.0 Å². The molecule has 5 heteroatoms. The van der Waals surface area contributed by atoms with Crippen LogP contribution in [0.4, 0.5) is 0 Å². The van der Waals surface area contributed by atoms with Gasteiger partial charge in [-0.15, -0.1) is 0 Å². The maximum atomic E-state index is 12.8. The summed E-state index contributed by atoms with van der Waals surface area (Å²) >= 11 is 0. The molecular formula is C20H26NO3S. The van der Waals surface area contributed by atoms with Crippen molar-refractivity contribution in [3.05, 3.63) is 61.4 Å². The van der Waals surface area contributed by atoms with Crippen LogP contribution in [0.3, 0.4) is 0 Å². The van der Waals surface area contributed by atoms with Crippen molar-refractivity contribution in [1.29, 1.82) is 0 Å². The number of aryl methyl sites for hydroxylation is 1. The largest absolute Gasteiger partial charge is 0.391 e. The maximum absolute atomic E-state index is 12.8. The first kappa shape index (κ1) is 18.9. The first-order chi connectivity index (χ1) is 12.0. The lowest BCUT2D eigenvalue weighted by molar-refractivity contribution is 0.0631. The molecule has 2 fully saturated rings. The number of sulfonamides is 1. The summed E-state index contributed by atoms with van der Waals surface area (Å²) in [7, 11) is -3.70. The number of nitrogens with one attached hydrogen (secondary N) is 1. The van der Waals surface area contributed by atoms with Gasteiger partial charge in [-0.3, -0.25) is 0 Å². The highest BCUT2D eigenvalue weighted by Crippen LogP contribution is 2.35. The topological polar surface area (TPSA) is 66.4 Å². The first-order valence-electron chi connectivity index (χ1n) is 8.96. The first-order valence-corrected chi connectivity index (χ1v) is 10.4. The van der Waals surface area contributed by atoms with Crippen LogP contribution in [-0.4, -0.2) is 25.7 Å². The normalized spacial score (nSPS) is 22.8. The average molecular weight is 360 g/mol. The molecule has 3 rings (SSSR count). The van der Waals surface area contributed by atoms with Crippen LogP contribution in [0.1, 0.15) is 37.7 Å². The van der Waals surface area contributed by atoms with E-state index in [4.69, 9.17) is 0 Å². The van der Waals surface area contributed by atoms with Crippen LogP contribution in [0.15, 0.2) is 29.2 Å². The minimum atomic E-state index is -3.70. The second kappa shape index (κ2) is 8.19. The van der Waals surface area contributed by atoms with E-state index in [2.05, 4.69) is 4.72 Å². The fraction of sp³-hybridized carbons (Fsp3) is 0.450. The highest BCUT2D eigenvalue weighted by Gasteiger charge is 2.38. The van der Waals surface area contributed by atoms with Gasteiger partial charge < -0.3 is 5.11 Å². The fourth-order valence-corrected chi connectivity index (χ4v) is 4.87. The van der Waals surface area contributed by atoms with Gasteiger partial charge in [0, 0.05) is 5.92 Å². The number of hydrogen-bond acceptors (Lipinski definition) is 3. The van der Waals surface area contributed by atoms with Crippen LogP contribution in [0.2, 0.25) is 0 Å². The minimum Gasteiger partial charge on any atom is -0.391 e. The highest BCUT2D eigenvalue weighted by molar-refractivity contribution is 7.89. The Kier molecular flexibility index (Phi) is 6.18. The van der Waals surface area contributed by atoms with Gasteiger partial charge in [-0.25, -0.2) is 13.1 Å². The minimum absolute atomic E-state index is 0.134. The van der Waals surface area contributed by atoms with Crippen LogP contribution < -0.4 is 4.72 Å². The zero-order valence-corrected chi connectivity index (χ0v) is 15.4. The Morgan fingerprint density at radius 3 is 2.24 bits per heavy atom. The molecule has 0 spiro atoms. The standard InChI is InChI=1S/C20H26NO3S/c1-15-11-13-18(14-12-15)25(23,24)21-19(16-7-5-6-8-16)20(22)17-9-3-2-4-10-17/h5-8,11-14,17,19-22H,2-4,9-10H2,1H3. The molecule has 0 bridgehead atoms. The van der Waals surface area contributed by atoms with Crippen molar-refractivity contribution >= 4 is 10.0 Å². The van der Waals surface area contributed by atoms with Gasteiger partial charge in [0.2, 0.25) is 10.0 Å². The van der Waals surface area contributed by atoms with E-state index < -0.39 is 22.2 Å². The summed E-state index contributed by atoms with van der Waals surface area (Å²) < 4.78 is 28.4. The Balaban J connectivity index is 1.80. The molecule has 1 aromatic carbocycles. The summed E-state index contributed by atoms with van der Waals surface area (Å²) in [5.74, 6) is 0.947. The van der Waals surface area contributed by atoms with Gasteiger partial charge in [-0.2, -0.15) is 0 Å². The van der Waals surface area contributed by atoms with Gasteiger partial charge in [0.05, 0.1) is 17.0 Å². The maximum Gasteiger partial charge on any atom is 0.240 e. The average Bonchev–Trinajstić information content (AvgIpc) is 3.15. The van der Waals surface area contributed by atoms with E-state index in [0.717, 1.165) is 37.2 Å². The summed E-state index contributed by atoms with van der Waals surface area (Å²) in [6.45, 7) is 1.92. The lowest BCUT2D eigenvalue weighted by Crippen LogP contribution is -2.50. The quantitative estimate of drug-likeness (QED) is 0.820. The monoisotopic (exact) mass is 360 g/mol. The molecule has 2 saturated carbocycles. The lowest BCUT2D eigenvalue weighted by Gasteiger charge is -2.35. The van der Waals surface area contributed by atoms with Crippen LogP contribution in [0, 0.1) is 44.4 Å². The van der Waals surface area contributed by atoms with Crippen molar-refractivity contribution in [1.82, 2.24) is 4.72 Å². The summed E-state index contributed by atoms with van der Waals surface area (Å²) in [6, 6.07) is 6.15. The zero-order chi connectivity index (χ0) is 17.9. The fourth-order valence-electron chi connectivity index (χ4n) is 3.63. The lowest BCUT2D eigenvalue weighted by atomic mass is 9.79. The Hall–Kier alpha value is -0.910. The van der Waals surface area contributed by atoms with E-state index in [9.17, 15) is 13.5 Å². The van der Waals surface area contributed by atoms with Gasteiger partial charge in [0.25, 0.3) is 0 Å². The predicted octanol–water partition coefficient (Wildman–Crippen LogP) is 2.99. The molecule has 2 aliphatic rings. The van der Waals surface area contributed by atoms with Crippen LogP contribution in [-0.2, 0) is 10.0 Å². The van der Waals surface area contributed by atoms with Gasteiger partial charge in [0.15, 0.2) is 0 Å². The Labute approximate surface area is 152 Å². The van der Waals surface area contributed by atoms with Crippen molar-refractivity contribution in [2.24, 2.45) is 5.92 Å². The van der Waals surface area contributed by atoms with E-state index in [0.29, 0.717) is 0 Å². The molecule has 2 aliphatic carbocycles. The van der Waals surface area contributed by atoms with E-state index in [1.165, 1.54) is 6.42 Å². The second-order valence-electron chi connectivity index (χ2n) is 7.02. The van der Waals surface area contributed by atoms with Gasteiger partial charge >= 0.3 is 0 Å². The van der Waals surface area contributed by atoms with Crippen LogP contribution in [0.25, 0.3) is 0 Å². The molecule has 0 saturated heterocycles. The number of aliphatic hydroxyl groups excluding tert-OH is 1. The predicted molar refractivity (Wildman–Crippen MR) is 98.3 cm³/mol. The Bertz CT molecular complexity index is 644. The highest BCUT2D eigenvalue weighted by atomic mass is 32.2. The molecule has 5 radical (unpaired) electrons. The number of rotatable bonds is 6. The van der Waals surface area contributed by atoms with Gasteiger partial charge in [0.1, 0.15) is 0 Å². The Morgan fingerprint density at radius 1 is 1.04 bits per heavy atom. The smallest absolute Gasteiger partial charge is 0.240 e. The summed E-state index contributed by atoms with van der Waals surface area (Å²) in [4.78, 5) is 0.227. The van der Waals surface area contributed by atoms with E-state index in [-0.39, 0.29) is 10.8 Å². The van der Waals surface area contributed by atoms with Gasteiger partial charge in [-0.05, 0) is 63.5 Å². The number of hydrogen-bond donors (Lipinski definition) is 2. The van der Waals surface area contributed by atoms with E-state index in [1.54, 1.807) is 24.3 Å². The SMILES string of the molecule is Cc1ccc(S(=O)(=O)NC([C]2[CH][CH][CH][CH]2)C(O)C2CCCCC2)cc1. The number of benzene rings is 1. The summed E-state index contributed by atoms with van der Waals surface area (Å²) in [5.41, 5.74) is 1.01. The second-order valence-corrected chi connectivity index (χ2v) is 8.73. The molecule has 1 aromatic rings. The molecule has 25 heavy (non-hydrogen) atoms. The van der Waals surface area contributed by atoms with E-state index in [1.807, 2.05) is 32.6 Å². The molecule has 0 aromatic heterocycles. The zero-order valence-electron chi connectivity index (χ0n) is 14.6. The molecular weight excluding hydrogens is 334 g/mol. The molecule has 0 heterocycles. The van der Waals surface area contributed by atoms with Crippen molar-refractivity contribution in [2.45, 2.75) is 56.1 Å². The number of aliphatic hydroxyl groups is 1. The summed E-state index contributed by atoms with van der Waals surface area (Å²) in [5, 5.41) is 10.9. The molecule has 4 nitrogen and oxygen atoms in total. The van der Waals surface area contributed by atoms with Crippen molar-refractivity contribution < 1.29 is 13.5 Å². The molecule has 2 N–H and O–H groups in total. The van der Waals surface area contributed by atoms with Crippen LogP contribution >= 0.6 is 0 Å². The van der Waals surface area contributed by atoms with Crippen molar-refractivity contribution in [3.63, 3.8) is 0 Å². The molecule has 2 atom stereocenters. The Morgan fingerprint density at radius 2 is 1.64 bits per heavy atom. The van der Waals surface area contributed by atoms with E-state index >= 15 is 0 Å². The molecule has 0 aliphatic heterocycles.